The van der Waals surface area contributed by atoms with Crippen LogP contribution in [0.25, 0.3) is 6.08 Å². The number of nitro groups is 1. The summed E-state index contributed by atoms with van der Waals surface area (Å²) in [4.78, 5) is 61.7. The molecule has 0 saturated carbocycles. The van der Waals surface area contributed by atoms with Gasteiger partial charge in [0.15, 0.2) is 18.1 Å². The topological polar surface area (TPSA) is 157 Å². The maximum Gasteiger partial charge on any atom is 0.335 e. The second kappa shape index (κ2) is 12.1. The van der Waals surface area contributed by atoms with E-state index >= 15 is 0 Å². The highest BCUT2D eigenvalue weighted by molar-refractivity contribution is 6.39. The molecular weight excluding hydrogens is 532 g/mol. The summed E-state index contributed by atoms with van der Waals surface area (Å²) in [6, 6.07) is 14.1. The molecule has 3 aromatic rings. The van der Waals surface area contributed by atoms with Gasteiger partial charge in [-0.2, -0.15) is 0 Å². The molecule has 3 aromatic carbocycles. The first kappa shape index (κ1) is 28.5. The van der Waals surface area contributed by atoms with E-state index in [4.69, 9.17) is 9.47 Å². The zero-order valence-electron chi connectivity index (χ0n) is 22.4. The molecule has 0 aromatic heterocycles. The van der Waals surface area contributed by atoms with Gasteiger partial charge in [0.2, 0.25) is 0 Å². The molecule has 0 spiro atoms. The van der Waals surface area contributed by atoms with Crippen LogP contribution in [-0.2, 0) is 14.4 Å². The second-order valence-corrected chi connectivity index (χ2v) is 9.03. The maximum atomic E-state index is 13.2. The quantitative estimate of drug-likeness (QED) is 0.170. The van der Waals surface area contributed by atoms with Crippen molar-refractivity contribution in [1.82, 2.24) is 5.32 Å². The van der Waals surface area contributed by atoms with Gasteiger partial charge in [-0.3, -0.25) is 29.8 Å². The van der Waals surface area contributed by atoms with Gasteiger partial charge in [0.05, 0.1) is 17.2 Å². The largest absolute Gasteiger partial charge is 0.490 e. The number of barbiturate groups is 1. The summed E-state index contributed by atoms with van der Waals surface area (Å²) in [5, 5.41) is 15.9. The van der Waals surface area contributed by atoms with Gasteiger partial charge in [0.1, 0.15) is 5.57 Å². The van der Waals surface area contributed by atoms with E-state index in [9.17, 15) is 29.3 Å². The van der Waals surface area contributed by atoms with Crippen molar-refractivity contribution in [1.29, 1.82) is 0 Å². The monoisotopic (exact) mass is 558 g/mol. The van der Waals surface area contributed by atoms with Crippen molar-refractivity contribution in [2.24, 2.45) is 0 Å². The van der Waals surface area contributed by atoms with Gasteiger partial charge in [0.25, 0.3) is 23.4 Å². The zero-order valence-corrected chi connectivity index (χ0v) is 22.4. The first-order valence-electron chi connectivity index (χ1n) is 12.5. The molecule has 0 bridgehead atoms. The lowest BCUT2D eigenvalue weighted by molar-refractivity contribution is -0.384. The second-order valence-electron chi connectivity index (χ2n) is 9.03. The van der Waals surface area contributed by atoms with E-state index in [1.807, 2.05) is 32.0 Å². The molecule has 0 aliphatic carbocycles. The third kappa shape index (κ3) is 6.56. The number of benzene rings is 3. The maximum absolute atomic E-state index is 13.2. The number of rotatable bonds is 9. The number of nitrogens with zero attached hydrogens (tertiary/aromatic N) is 2. The Labute approximate surface area is 234 Å². The molecule has 0 atom stereocenters. The molecule has 12 heteroatoms. The third-order valence-electron chi connectivity index (χ3n) is 6.02. The highest BCUT2D eigenvalue weighted by Crippen LogP contribution is 2.31. The number of nitrogens with one attached hydrogen (secondary N) is 2. The number of hydrogen-bond donors (Lipinski definition) is 2. The Balaban J connectivity index is 1.53. The van der Waals surface area contributed by atoms with Crippen molar-refractivity contribution in [2.75, 3.05) is 23.4 Å². The molecule has 1 saturated heterocycles. The molecule has 1 aliphatic rings. The fourth-order valence-electron chi connectivity index (χ4n) is 3.98. The van der Waals surface area contributed by atoms with Crippen molar-refractivity contribution in [3.8, 4) is 11.5 Å². The zero-order chi connectivity index (χ0) is 29.7. The standard InChI is InChI=1S/C29H26N4O8/c1-4-40-25-15-19(7-12-24(25)41-16-26(34)30-23-13-17(2)5-6-18(23)3)14-22-27(35)31-29(37)32(28(22)36)20-8-10-21(11-9-20)33(38)39/h5-15H,4,16H2,1-3H3,(H,30,34)(H,31,35,37)/b22-14-. The van der Waals surface area contributed by atoms with Crippen LogP contribution in [0.3, 0.4) is 0 Å². The summed E-state index contributed by atoms with van der Waals surface area (Å²) < 4.78 is 11.3. The van der Waals surface area contributed by atoms with E-state index < -0.39 is 22.8 Å². The summed E-state index contributed by atoms with van der Waals surface area (Å²) in [5.41, 5.74) is 2.46. The Morgan fingerprint density at radius 3 is 2.41 bits per heavy atom. The molecular formula is C29H26N4O8. The number of nitro benzene ring substituents is 1. The van der Waals surface area contributed by atoms with E-state index in [0.29, 0.717) is 16.2 Å². The summed E-state index contributed by atoms with van der Waals surface area (Å²) in [7, 11) is 0. The number of amides is 5. The molecule has 5 amide bonds. The number of carbonyl (C=O) groups is 4. The van der Waals surface area contributed by atoms with E-state index in [0.717, 1.165) is 23.3 Å². The van der Waals surface area contributed by atoms with Crippen LogP contribution in [-0.4, -0.2) is 41.9 Å². The van der Waals surface area contributed by atoms with Crippen molar-refractivity contribution < 1.29 is 33.6 Å². The van der Waals surface area contributed by atoms with Crippen molar-refractivity contribution in [2.45, 2.75) is 20.8 Å². The van der Waals surface area contributed by atoms with Crippen LogP contribution in [0.1, 0.15) is 23.6 Å². The van der Waals surface area contributed by atoms with Gasteiger partial charge in [-0.15, -0.1) is 0 Å². The number of urea groups is 1. The van der Waals surface area contributed by atoms with Gasteiger partial charge in [-0.05, 0) is 73.9 Å². The molecule has 210 valence electrons. The number of carbonyl (C=O) groups excluding carboxylic acids is 4. The average molecular weight is 559 g/mol. The fourth-order valence-corrected chi connectivity index (χ4v) is 3.98. The van der Waals surface area contributed by atoms with Crippen LogP contribution in [0.5, 0.6) is 11.5 Å². The van der Waals surface area contributed by atoms with Crippen molar-refractivity contribution in [3.05, 3.63) is 93.0 Å². The van der Waals surface area contributed by atoms with Gasteiger partial charge >= 0.3 is 6.03 Å². The third-order valence-corrected chi connectivity index (χ3v) is 6.02. The first-order chi connectivity index (χ1) is 19.6. The smallest absolute Gasteiger partial charge is 0.335 e. The van der Waals surface area contributed by atoms with Crippen LogP contribution in [0, 0.1) is 24.0 Å². The number of hydrogen-bond acceptors (Lipinski definition) is 8. The molecule has 0 radical (unpaired) electrons. The Morgan fingerprint density at radius 1 is 1.00 bits per heavy atom. The number of aryl methyl sites for hydroxylation is 2. The summed E-state index contributed by atoms with van der Waals surface area (Å²) >= 11 is 0. The first-order valence-corrected chi connectivity index (χ1v) is 12.5. The number of non-ortho nitro benzene ring substituents is 1. The lowest BCUT2D eigenvalue weighted by Gasteiger charge is -2.26. The normalized spacial score (nSPS) is 14.1. The van der Waals surface area contributed by atoms with Crippen LogP contribution in [0.2, 0.25) is 0 Å². The molecule has 12 nitrogen and oxygen atoms in total. The average Bonchev–Trinajstić information content (AvgIpc) is 2.93. The Hall–Kier alpha value is -5.52. The van der Waals surface area contributed by atoms with Crippen LogP contribution >= 0.6 is 0 Å². The van der Waals surface area contributed by atoms with E-state index in [1.54, 1.807) is 13.0 Å². The predicted molar refractivity (Wildman–Crippen MR) is 150 cm³/mol. The van der Waals surface area contributed by atoms with Crippen molar-refractivity contribution in [3.63, 3.8) is 0 Å². The Bertz CT molecular complexity index is 1580. The lowest BCUT2D eigenvalue weighted by atomic mass is 10.1. The van der Waals surface area contributed by atoms with Gasteiger partial charge in [0, 0.05) is 17.8 Å². The molecule has 1 heterocycles. The highest BCUT2D eigenvalue weighted by Gasteiger charge is 2.37. The van der Waals surface area contributed by atoms with Crippen molar-refractivity contribution >= 4 is 46.9 Å². The van der Waals surface area contributed by atoms with E-state index in [1.165, 1.54) is 30.3 Å². The molecule has 1 fully saturated rings. The van der Waals surface area contributed by atoms with Crippen LogP contribution in [0.4, 0.5) is 21.9 Å². The molecule has 41 heavy (non-hydrogen) atoms. The SMILES string of the molecule is CCOc1cc(/C=C2/C(=O)NC(=O)N(c3ccc([N+](=O)[O-])cc3)C2=O)ccc1OCC(=O)Nc1cc(C)ccc1C. The Kier molecular flexibility index (Phi) is 8.42. The number of imide groups is 2. The lowest BCUT2D eigenvalue weighted by Crippen LogP contribution is -2.54. The predicted octanol–water partition coefficient (Wildman–Crippen LogP) is 4.29. The van der Waals surface area contributed by atoms with Crippen LogP contribution in [0.15, 0.2) is 66.2 Å². The van der Waals surface area contributed by atoms with Gasteiger partial charge in [-0.25, -0.2) is 9.69 Å². The minimum Gasteiger partial charge on any atom is -0.490 e. The summed E-state index contributed by atoms with van der Waals surface area (Å²) in [5.74, 6) is -1.64. The number of ether oxygens (including phenoxy) is 2. The summed E-state index contributed by atoms with van der Waals surface area (Å²) in [6.45, 7) is 5.54. The molecule has 0 unspecified atom stereocenters. The minimum atomic E-state index is -0.983. The van der Waals surface area contributed by atoms with Crippen LogP contribution < -0.4 is 25.0 Å². The highest BCUT2D eigenvalue weighted by atomic mass is 16.6. The summed E-state index contributed by atoms with van der Waals surface area (Å²) in [6.07, 6.45) is 1.28. The fraction of sp³-hybridized carbons (Fsp3) is 0.172. The van der Waals surface area contributed by atoms with Gasteiger partial charge in [-0.1, -0.05) is 18.2 Å². The molecule has 1 aliphatic heterocycles. The molecule has 2 N–H and O–H groups in total. The minimum absolute atomic E-state index is 0.0504. The van der Waals surface area contributed by atoms with Gasteiger partial charge < -0.3 is 14.8 Å². The Morgan fingerprint density at radius 2 is 1.73 bits per heavy atom. The van der Waals surface area contributed by atoms with E-state index in [2.05, 4.69) is 10.6 Å². The van der Waals surface area contributed by atoms with E-state index in [-0.39, 0.29) is 47.6 Å². The number of anilines is 2. The molecule has 4 rings (SSSR count).